The molecule has 3 aromatic carbocycles. The Bertz CT molecular complexity index is 1050. The summed E-state index contributed by atoms with van der Waals surface area (Å²) in [5.41, 5.74) is 2.75. The summed E-state index contributed by atoms with van der Waals surface area (Å²) in [7, 11) is 0. The smallest absolute Gasteiger partial charge is 0.258 e. The molecule has 34 heavy (non-hydrogen) atoms. The van der Waals surface area contributed by atoms with Gasteiger partial charge in [-0.25, -0.2) is 0 Å². The van der Waals surface area contributed by atoms with Crippen molar-refractivity contribution in [3.8, 4) is 5.75 Å². The summed E-state index contributed by atoms with van der Waals surface area (Å²) in [4.78, 5) is 27.1. The number of carbonyl (C=O) groups excluding carboxylic acids is 2. The van der Waals surface area contributed by atoms with Gasteiger partial charge in [-0.1, -0.05) is 30.3 Å². The van der Waals surface area contributed by atoms with Crippen molar-refractivity contribution in [2.45, 2.75) is 13.8 Å². The zero-order chi connectivity index (χ0) is 24.2. The molecule has 0 saturated heterocycles. The van der Waals surface area contributed by atoms with Gasteiger partial charge in [-0.15, -0.1) is 0 Å². The van der Waals surface area contributed by atoms with Gasteiger partial charge in [-0.05, 0) is 62.4 Å². The molecule has 0 radical (unpaired) electrons. The lowest BCUT2D eigenvalue weighted by Crippen LogP contribution is -2.30. The second-order valence-electron chi connectivity index (χ2n) is 7.41. The van der Waals surface area contributed by atoms with E-state index < -0.39 is 0 Å². The van der Waals surface area contributed by atoms with E-state index in [0.29, 0.717) is 43.4 Å². The first-order chi connectivity index (χ1) is 16.6. The minimum absolute atomic E-state index is 0.0735. The number of hydrogen-bond donors (Lipinski definition) is 2. The molecule has 0 heterocycles. The molecule has 0 spiro atoms. The molecule has 178 valence electrons. The number of para-hydroxylation sites is 3. The number of amides is 2. The van der Waals surface area contributed by atoms with Crippen LogP contribution >= 0.6 is 0 Å². The topological polar surface area (TPSA) is 79.9 Å². The molecule has 3 aromatic rings. The number of hydrogen-bond acceptors (Lipinski definition) is 5. The Hall–Kier alpha value is -3.84. The first kappa shape index (κ1) is 24.8. The van der Waals surface area contributed by atoms with Crippen LogP contribution in [-0.2, 0) is 9.53 Å². The number of rotatable bonds is 12. The van der Waals surface area contributed by atoms with Gasteiger partial charge >= 0.3 is 0 Å². The molecule has 0 unspecified atom stereocenters. The summed E-state index contributed by atoms with van der Waals surface area (Å²) in [5, 5.41) is 5.95. The van der Waals surface area contributed by atoms with Crippen molar-refractivity contribution in [3.05, 3.63) is 84.4 Å². The van der Waals surface area contributed by atoms with Crippen molar-refractivity contribution in [1.82, 2.24) is 0 Å². The Morgan fingerprint density at radius 1 is 0.853 bits per heavy atom. The van der Waals surface area contributed by atoms with Crippen LogP contribution in [0.2, 0.25) is 0 Å². The van der Waals surface area contributed by atoms with Crippen LogP contribution < -0.4 is 20.3 Å². The van der Waals surface area contributed by atoms with Crippen LogP contribution in [0.25, 0.3) is 0 Å². The predicted octanol–water partition coefficient (Wildman–Crippen LogP) is 4.82. The van der Waals surface area contributed by atoms with Crippen LogP contribution in [0.1, 0.15) is 24.2 Å². The number of ether oxygens (including phenoxy) is 2. The van der Waals surface area contributed by atoms with E-state index in [1.54, 1.807) is 29.2 Å². The molecule has 0 aromatic heterocycles. The highest BCUT2D eigenvalue weighted by atomic mass is 16.5. The van der Waals surface area contributed by atoms with Gasteiger partial charge in [0.1, 0.15) is 12.4 Å². The zero-order valence-corrected chi connectivity index (χ0v) is 19.6. The maximum Gasteiger partial charge on any atom is 0.258 e. The molecule has 0 atom stereocenters. The van der Waals surface area contributed by atoms with Crippen LogP contribution in [0.4, 0.5) is 17.1 Å². The van der Waals surface area contributed by atoms with Crippen molar-refractivity contribution in [3.63, 3.8) is 0 Å². The number of nitrogens with zero attached hydrogens (tertiary/aromatic N) is 1. The Morgan fingerprint density at radius 3 is 2.26 bits per heavy atom. The van der Waals surface area contributed by atoms with Crippen LogP contribution in [0.15, 0.2) is 78.9 Å². The minimum atomic E-state index is -0.206. The molecule has 3 rings (SSSR count). The standard InChI is InChI=1S/C27H31N3O4/c1-3-30(23-10-6-5-7-11-23)27(32)21-14-16-22(17-15-21)29-26(31)20-28-24-12-8-9-13-25(24)34-19-18-33-4-2/h5-17,28H,3-4,18-20H2,1-2H3,(H,29,31). The molecular weight excluding hydrogens is 430 g/mol. The van der Waals surface area contributed by atoms with Gasteiger partial charge in [0.15, 0.2) is 0 Å². The second kappa shape index (κ2) is 13.0. The van der Waals surface area contributed by atoms with Crippen LogP contribution in [0.3, 0.4) is 0 Å². The molecule has 0 aliphatic rings. The van der Waals surface area contributed by atoms with Gasteiger partial charge in [0.05, 0.1) is 18.8 Å². The zero-order valence-electron chi connectivity index (χ0n) is 19.6. The van der Waals surface area contributed by atoms with Crippen LogP contribution in [0, 0.1) is 0 Å². The normalized spacial score (nSPS) is 10.4. The molecule has 0 aliphatic carbocycles. The summed E-state index contributed by atoms with van der Waals surface area (Å²) >= 11 is 0. The second-order valence-corrected chi connectivity index (χ2v) is 7.41. The molecule has 2 N–H and O–H groups in total. The van der Waals surface area contributed by atoms with Gasteiger partial charge in [0.25, 0.3) is 5.91 Å². The van der Waals surface area contributed by atoms with E-state index in [4.69, 9.17) is 9.47 Å². The summed E-state index contributed by atoms with van der Waals surface area (Å²) in [5.74, 6) is 0.369. The SMILES string of the molecule is CCOCCOc1ccccc1NCC(=O)Nc1ccc(C(=O)N(CC)c2ccccc2)cc1. The first-order valence-corrected chi connectivity index (χ1v) is 11.4. The number of benzene rings is 3. The Labute approximate surface area is 200 Å². The quantitative estimate of drug-likeness (QED) is 0.378. The Kier molecular flexibility index (Phi) is 9.49. The van der Waals surface area contributed by atoms with Gasteiger partial charge in [0.2, 0.25) is 5.91 Å². The molecule has 0 aliphatic heterocycles. The third-order valence-electron chi connectivity index (χ3n) is 5.06. The largest absolute Gasteiger partial charge is 0.489 e. The van der Waals surface area contributed by atoms with Crippen LogP contribution in [-0.4, -0.2) is 44.7 Å². The third kappa shape index (κ3) is 7.08. The van der Waals surface area contributed by atoms with E-state index in [1.807, 2.05) is 68.4 Å². The van der Waals surface area contributed by atoms with E-state index in [-0.39, 0.29) is 18.4 Å². The highest BCUT2D eigenvalue weighted by Crippen LogP contribution is 2.23. The fraction of sp³-hybridized carbons (Fsp3) is 0.259. The summed E-state index contributed by atoms with van der Waals surface area (Å²) < 4.78 is 11.0. The van der Waals surface area contributed by atoms with E-state index in [2.05, 4.69) is 10.6 Å². The van der Waals surface area contributed by atoms with Gasteiger partial charge in [-0.3, -0.25) is 9.59 Å². The Morgan fingerprint density at radius 2 is 1.56 bits per heavy atom. The molecule has 7 heteroatoms. The van der Waals surface area contributed by atoms with Crippen LogP contribution in [0.5, 0.6) is 5.75 Å². The van der Waals surface area contributed by atoms with E-state index in [9.17, 15) is 9.59 Å². The fourth-order valence-electron chi connectivity index (χ4n) is 3.38. The lowest BCUT2D eigenvalue weighted by Gasteiger charge is -2.21. The summed E-state index contributed by atoms with van der Waals surface area (Å²) in [6, 6.07) is 23.9. The number of carbonyl (C=O) groups is 2. The lowest BCUT2D eigenvalue weighted by atomic mass is 10.1. The monoisotopic (exact) mass is 461 g/mol. The average Bonchev–Trinajstić information content (AvgIpc) is 2.87. The van der Waals surface area contributed by atoms with Gasteiger partial charge < -0.3 is 25.0 Å². The van der Waals surface area contributed by atoms with Crippen molar-refractivity contribution < 1.29 is 19.1 Å². The molecule has 2 amide bonds. The third-order valence-corrected chi connectivity index (χ3v) is 5.06. The van der Waals surface area contributed by atoms with E-state index >= 15 is 0 Å². The fourth-order valence-corrected chi connectivity index (χ4v) is 3.38. The van der Waals surface area contributed by atoms with Crippen molar-refractivity contribution in [1.29, 1.82) is 0 Å². The average molecular weight is 462 g/mol. The van der Waals surface area contributed by atoms with Crippen molar-refractivity contribution in [2.24, 2.45) is 0 Å². The maximum atomic E-state index is 12.9. The first-order valence-electron chi connectivity index (χ1n) is 11.4. The number of anilines is 3. The summed E-state index contributed by atoms with van der Waals surface area (Å²) in [6.45, 7) is 6.09. The van der Waals surface area contributed by atoms with E-state index in [0.717, 1.165) is 11.4 Å². The maximum absolute atomic E-state index is 12.9. The van der Waals surface area contributed by atoms with Crippen molar-refractivity contribution >= 4 is 28.9 Å². The molecule has 7 nitrogen and oxygen atoms in total. The number of nitrogens with one attached hydrogen (secondary N) is 2. The van der Waals surface area contributed by atoms with Gasteiger partial charge in [0, 0.05) is 30.1 Å². The molecule has 0 saturated carbocycles. The Balaban J connectivity index is 1.54. The van der Waals surface area contributed by atoms with E-state index in [1.165, 1.54) is 0 Å². The molecule has 0 fully saturated rings. The lowest BCUT2D eigenvalue weighted by molar-refractivity contribution is -0.114. The predicted molar refractivity (Wildman–Crippen MR) is 136 cm³/mol. The molecule has 0 bridgehead atoms. The molecular formula is C27H31N3O4. The van der Waals surface area contributed by atoms with Gasteiger partial charge in [-0.2, -0.15) is 0 Å². The highest BCUT2D eigenvalue weighted by Gasteiger charge is 2.16. The van der Waals surface area contributed by atoms with Crippen molar-refractivity contribution in [2.75, 3.05) is 48.4 Å². The highest BCUT2D eigenvalue weighted by molar-refractivity contribution is 6.06. The summed E-state index contributed by atoms with van der Waals surface area (Å²) in [6.07, 6.45) is 0. The minimum Gasteiger partial charge on any atom is -0.489 e.